The van der Waals surface area contributed by atoms with Gasteiger partial charge in [-0.25, -0.2) is 4.39 Å². The summed E-state index contributed by atoms with van der Waals surface area (Å²) in [6.07, 6.45) is 2.37. The molecule has 0 unspecified atom stereocenters. The zero-order valence-electron chi connectivity index (χ0n) is 17.4. The first kappa shape index (κ1) is 23.2. The van der Waals surface area contributed by atoms with Crippen LogP contribution < -0.4 is 19.5 Å². The molecule has 5 rings (SSSR count). The Kier molecular flexibility index (Phi) is 6.43. The Bertz CT molecular complexity index is 1040. The molecule has 0 spiro atoms. The van der Waals surface area contributed by atoms with Gasteiger partial charge in [-0.1, -0.05) is 17.7 Å². The SMILES string of the molecule is O=C(COc1cccc(OC(F)F)c1)CC12CC(NC(=O)COc3ccc(Cl)c(F)c3)(C1)C2. The van der Waals surface area contributed by atoms with Gasteiger partial charge in [0.25, 0.3) is 5.91 Å². The van der Waals surface area contributed by atoms with Gasteiger partial charge in [-0.3, -0.25) is 9.59 Å². The number of ketones is 1. The largest absolute Gasteiger partial charge is 0.486 e. The number of benzene rings is 2. The van der Waals surface area contributed by atoms with Crippen molar-refractivity contribution in [3.63, 3.8) is 0 Å². The minimum absolute atomic E-state index is 0.0276. The van der Waals surface area contributed by atoms with Gasteiger partial charge in [0.1, 0.15) is 29.7 Å². The summed E-state index contributed by atoms with van der Waals surface area (Å²) >= 11 is 5.61. The Morgan fingerprint density at radius 2 is 1.67 bits per heavy atom. The van der Waals surface area contributed by atoms with E-state index in [-0.39, 0.29) is 58.1 Å². The highest BCUT2D eigenvalue weighted by Gasteiger charge is 2.68. The number of carbonyl (C=O) groups is 2. The van der Waals surface area contributed by atoms with Crippen molar-refractivity contribution >= 4 is 23.3 Å². The predicted octanol–water partition coefficient (Wildman–Crippen LogP) is 4.54. The van der Waals surface area contributed by atoms with Gasteiger partial charge >= 0.3 is 6.61 Å². The topological polar surface area (TPSA) is 73.9 Å². The highest BCUT2D eigenvalue weighted by Crippen LogP contribution is 2.69. The van der Waals surface area contributed by atoms with E-state index in [1.54, 1.807) is 6.07 Å². The van der Waals surface area contributed by atoms with Crippen molar-refractivity contribution in [1.29, 1.82) is 0 Å². The molecule has 0 atom stereocenters. The molecule has 3 aliphatic carbocycles. The molecule has 2 aromatic rings. The number of rotatable bonds is 11. The fourth-order valence-electron chi connectivity index (χ4n) is 4.74. The molecule has 33 heavy (non-hydrogen) atoms. The molecule has 2 bridgehead atoms. The molecule has 1 amide bonds. The lowest BCUT2D eigenvalue weighted by Crippen LogP contribution is -2.75. The van der Waals surface area contributed by atoms with Crippen LogP contribution in [0.3, 0.4) is 0 Å². The number of alkyl halides is 2. The molecule has 10 heteroatoms. The average Bonchev–Trinajstić information content (AvgIpc) is 2.70. The molecule has 176 valence electrons. The number of hydrogen-bond acceptors (Lipinski definition) is 5. The molecule has 3 aliphatic rings. The van der Waals surface area contributed by atoms with Crippen molar-refractivity contribution in [2.75, 3.05) is 13.2 Å². The third-order valence-corrected chi connectivity index (χ3v) is 6.11. The lowest BCUT2D eigenvalue weighted by Gasteiger charge is -2.70. The van der Waals surface area contributed by atoms with Gasteiger partial charge in [0.2, 0.25) is 0 Å². The quantitative estimate of drug-likeness (QED) is 0.508. The van der Waals surface area contributed by atoms with E-state index >= 15 is 0 Å². The maximum atomic E-state index is 13.4. The Balaban J connectivity index is 1.17. The first-order valence-electron chi connectivity index (χ1n) is 10.2. The summed E-state index contributed by atoms with van der Waals surface area (Å²) < 4.78 is 53.0. The summed E-state index contributed by atoms with van der Waals surface area (Å²) in [5.74, 6) is -0.625. The summed E-state index contributed by atoms with van der Waals surface area (Å²) in [6.45, 7) is -3.37. The third-order valence-electron chi connectivity index (χ3n) is 5.81. The van der Waals surface area contributed by atoms with Gasteiger partial charge in [0.05, 0.1) is 5.02 Å². The molecular formula is C23H21ClF3NO5. The van der Waals surface area contributed by atoms with Crippen LogP contribution in [0, 0.1) is 11.2 Å². The highest BCUT2D eigenvalue weighted by molar-refractivity contribution is 6.30. The monoisotopic (exact) mass is 483 g/mol. The van der Waals surface area contributed by atoms with Crippen molar-refractivity contribution in [1.82, 2.24) is 5.32 Å². The van der Waals surface area contributed by atoms with E-state index in [4.69, 9.17) is 21.1 Å². The number of carbonyl (C=O) groups excluding carboxylic acids is 2. The predicted molar refractivity (Wildman–Crippen MR) is 112 cm³/mol. The van der Waals surface area contributed by atoms with Crippen LogP contribution in [0.25, 0.3) is 0 Å². The molecule has 0 radical (unpaired) electrons. The van der Waals surface area contributed by atoms with Gasteiger partial charge in [0, 0.05) is 24.1 Å². The van der Waals surface area contributed by atoms with E-state index in [9.17, 15) is 22.8 Å². The van der Waals surface area contributed by atoms with Crippen LogP contribution in [0.1, 0.15) is 25.7 Å². The minimum Gasteiger partial charge on any atom is -0.486 e. The average molecular weight is 484 g/mol. The van der Waals surface area contributed by atoms with E-state index in [1.165, 1.54) is 30.3 Å². The van der Waals surface area contributed by atoms with Crippen molar-refractivity contribution in [3.8, 4) is 17.2 Å². The molecule has 2 aromatic carbocycles. The van der Waals surface area contributed by atoms with Gasteiger partial charge in [-0.2, -0.15) is 8.78 Å². The molecule has 6 nitrogen and oxygen atoms in total. The fourth-order valence-corrected chi connectivity index (χ4v) is 4.86. The van der Waals surface area contributed by atoms with Crippen LogP contribution >= 0.6 is 11.6 Å². The first-order chi connectivity index (χ1) is 15.7. The number of halogens is 4. The molecule has 0 aromatic heterocycles. The number of amides is 1. The standard InChI is InChI=1S/C23H21ClF3NO5/c24-18-5-4-16(7-19(18)25)32-10-20(30)28-23-11-22(12-23,13-23)8-14(29)9-31-15-2-1-3-17(6-15)33-21(26)27/h1-7,21H,8-13H2,(H,28,30). The second kappa shape index (κ2) is 9.13. The van der Waals surface area contributed by atoms with Crippen LogP contribution in [-0.2, 0) is 9.59 Å². The lowest BCUT2D eigenvalue weighted by molar-refractivity contribution is -0.173. The van der Waals surface area contributed by atoms with E-state index in [0.717, 1.165) is 6.07 Å². The van der Waals surface area contributed by atoms with Gasteiger partial charge < -0.3 is 19.5 Å². The van der Waals surface area contributed by atoms with E-state index < -0.39 is 12.4 Å². The van der Waals surface area contributed by atoms with Crippen LogP contribution in [0.15, 0.2) is 42.5 Å². The summed E-state index contributed by atoms with van der Waals surface area (Å²) in [5.41, 5.74) is -0.470. The molecule has 3 saturated carbocycles. The second-order valence-electron chi connectivity index (χ2n) is 8.58. The van der Waals surface area contributed by atoms with Crippen molar-refractivity contribution in [3.05, 3.63) is 53.3 Å². The minimum atomic E-state index is -2.94. The van der Waals surface area contributed by atoms with Crippen LogP contribution in [-0.4, -0.2) is 37.1 Å². The van der Waals surface area contributed by atoms with Gasteiger partial charge in [-0.15, -0.1) is 0 Å². The Morgan fingerprint density at radius 3 is 2.36 bits per heavy atom. The first-order valence-corrected chi connectivity index (χ1v) is 10.6. The van der Waals surface area contributed by atoms with Crippen LogP contribution in [0.4, 0.5) is 13.2 Å². The van der Waals surface area contributed by atoms with E-state index in [2.05, 4.69) is 10.1 Å². The number of nitrogens with one attached hydrogen (secondary N) is 1. The summed E-state index contributed by atoms with van der Waals surface area (Å²) in [4.78, 5) is 24.5. The summed E-state index contributed by atoms with van der Waals surface area (Å²) in [5, 5.41) is 2.90. The molecular weight excluding hydrogens is 463 g/mol. The highest BCUT2D eigenvalue weighted by atomic mass is 35.5. The summed E-state index contributed by atoms with van der Waals surface area (Å²) in [7, 11) is 0. The van der Waals surface area contributed by atoms with Gasteiger partial charge in [-0.05, 0) is 48.9 Å². The molecule has 1 N–H and O–H groups in total. The van der Waals surface area contributed by atoms with Crippen LogP contribution in [0.5, 0.6) is 17.2 Å². The zero-order chi connectivity index (χ0) is 23.6. The molecule has 0 heterocycles. The maximum Gasteiger partial charge on any atom is 0.387 e. The second-order valence-corrected chi connectivity index (χ2v) is 8.99. The van der Waals surface area contributed by atoms with Gasteiger partial charge in [0.15, 0.2) is 12.4 Å². The molecule has 0 saturated heterocycles. The molecule has 3 fully saturated rings. The van der Waals surface area contributed by atoms with Crippen molar-refractivity contribution < 1.29 is 37.0 Å². The Morgan fingerprint density at radius 1 is 1.00 bits per heavy atom. The van der Waals surface area contributed by atoms with Crippen molar-refractivity contribution in [2.45, 2.75) is 37.8 Å². The fraction of sp³-hybridized carbons (Fsp3) is 0.391. The lowest BCUT2D eigenvalue weighted by atomic mass is 9.38. The normalized spacial score (nSPS) is 22.7. The van der Waals surface area contributed by atoms with Crippen molar-refractivity contribution in [2.24, 2.45) is 5.41 Å². The smallest absolute Gasteiger partial charge is 0.387 e. The van der Waals surface area contributed by atoms with Crippen LogP contribution in [0.2, 0.25) is 5.02 Å². The van der Waals surface area contributed by atoms with E-state index in [1.807, 2.05) is 0 Å². The Labute approximate surface area is 193 Å². The number of hydrogen-bond donors (Lipinski definition) is 1. The zero-order valence-corrected chi connectivity index (χ0v) is 18.2. The number of Topliss-reactive ketones (excluding diaryl/α,β-unsaturated/α-hetero) is 1. The molecule has 0 aliphatic heterocycles. The number of ether oxygens (including phenoxy) is 3. The summed E-state index contributed by atoms with van der Waals surface area (Å²) in [6, 6.07) is 9.66. The third kappa shape index (κ3) is 5.52. The maximum absolute atomic E-state index is 13.4. The Hall–Kier alpha value is -2.94. The van der Waals surface area contributed by atoms with E-state index in [0.29, 0.717) is 25.7 Å².